The number of ether oxygens (including phenoxy) is 1. The van der Waals surface area contributed by atoms with E-state index in [1.54, 1.807) is 31.7 Å². The molecule has 2 bridgehead atoms. The van der Waals surface area contributed by atoms with E-state index in [2.05, 4.69) is 4.18 Å². The zero-order chi connectivity index (χ0) is 21.6. The molecule has 0 spiro atoms. The molecule has 0 radical (unpaired) electrons. The third-order valence-corrected chi connectivity index (χ3v) is 6.14. The number of alkyl halides is 3. The fourth-order valence-corrected chi connectivity index (χ4v) is 4.51. The maximum absolute atomic E-state index is 12.6. The standard InChI is InChI=1S/C19H24F3NO5S/c1-18(2,3)27-17(24)23-14-7-8-15(23)10-13(9-14)12-5-4-6-16(11-12)28-29(25,26)19(20,21)22/h4-6,11,13-15H,7-10H2,1-3H3. The van der Waals surface area contributed by atoms with Crippen molar-refractivity contribution >= 4 is 16.2 Å². The van der Waals surface area contributed by atoms with Crippen molar-refractivity contribution in [2.75, 3.05) is 0 Å². The molecule has 2 saturated heterocycles. The van der Waals surface area contributed by atoms with E-state index in [1.807, 2.05) is 0 Å². The Balaban J connectivity index is 1.74. The minimum absolute atomic E-state index is 0.0108. The second kappa shape index (κ2) is 7.37. The molecule has 6 nitrogen and oxygen atoms in total. The average Bonchev–Trinajstić information content (AvgIpc) is 2.82. The van der Waals surface area contributed by atoms with Gasteiger partial charge < -0.3 is 13.8 Å². The molecule has 0 aliphatic carbocycles. The van der Waals surface area contributed by atoms with E-state index >= 15 is 0 Å². The second-order valence-corrected chi connectivity index (χ2v) is 10.0. The average molecular weight is 435 g/mol. The van der Waals surface area contributed by atoms with E-state index in [0.29, 0.717) is 18.4 Å². The minimum atomic E-state index is -5.71. The van der Waals surface area contributed by atoms with Gasteiger partial charge in [-0.05, 0) is 70.1 Å². The molecule has 0 saturated carbocycles. The Morgan fingerprint density at radius 2 is 1.69 bits per heavy atom. The van der Waals surface area contributed by atoms with Crippen LogP contribution in [-0.2, 0) is 14.9 Å². The predicted octanol–water partition coefficient (Wildman–Crippen LogP) is 4.56. The summed E-state index contributed by atoms with van der Waals surface area (Å²) >= 11 is 0. The summed E-state index contributed by atoms with van der Waals surface area (Å²) < 4.78 is 69.9. The van der Waals surface area contributed by atoms with Crippen molar-refractivity contribution < 1.29 is 35.3 Å². The molecule has 10 heteroatoms. The van der Waals surface area contributed by atoms with Crippen molar-refractivity contribution in [3.8, 4) is 5.75 Å². The molecule has 2 fully saturated rings. The van der Waals surface area contributed by atoms with Gasteiger partial charge >= 0.3 is 21.7 Å². The van der Waals surface area contributed by atoms with E-state index < -0.39 is 21.2 Å². The lowest BCUT2D eigenvalue weighted by atomic mass is 9.85. The van der Waals surface area contributed by atoms with E-state index in [0.717, 1.165) is 12.8 Å². The fraction of sp³-hybridized carbons (Fsp3) is 0.632. The number of nitrogens with zero attached hydrogens (tertiary/aromatic N) is 1. The van der Waals surface area contributed by atoms with Crippen LogP contribution < -0.4 is 4.18 Å². The van der Waals surface area contributed by atoms with Gasteiger partial charge in [0.15, 0.2) is 0 Å². The van der Waals surface area contributed by atoms with Crippen LogP contribution in [0.3, 0.4) is 0 Å². The molecule has 0 N–H and O–H groups in total. The molecule has 2 unspecified atom stereocenters. The first-order valence-corrected chi connectivity index (χ1v) is 10.8. The number of amides is 1. The normalized spacial score (nSPS) is 25.0. The number of carbonyl (C=O) groups excluding carboxylic acids is 1. The molecule has 2 aliphatic heterocycles. The monoisotopic (exact) mass is 435 g/mol. The Morgan fingerprint density at radius 1 is 1.10 bits per heavy atom. The highest BCUT2D eigenvalue weighted by atomic mass is 32.2. The van der Waals surface area contributed by atoms with Crippen LogP contribution >= 0.6 is 0 Å². The van der Waals surface area contributed by atoms with Gasteiger partial charge in [-0.3, -0.25) is 0 Å². The SMILES string of the molecule is CC(C)(C)OC(=O)N1C2CCC1CC(c1cccc(OS(=O)(=O)C(F)(F)F)c1)C2. The summed E-state index contributed by atoms with van der Waals surface area (Å²) in [5, 5.41) is 0. The van der Waals surface area contributed by atoms with Crippen LogP contribution in [0, 0.1) is 0 Å². The third-order valence-electron chi connectivity index (χ3n) is 5.16. The van der Waals surface area contributed by atoms with Gasteiger partial charge in [0.25, 0.3) is 0 Å². The second-order valence-electron chi connectivity index (χ2n) is 8.50. The number of benzene rings is 1. The summed E-state index contributed by atoms with van der Waals surface area (Å²) in [6.45, 7) is 5.42. The van der Waals surface area contributed by atoms with Gasteiger partial charge in [-0.2, -0.15) is 21.6 Å². The van der Waals surface area contributed by atoms with Crippen molar-refractivity contribution in [1.82, 2.24) is 4.90 Å². The molecule has 0 aromatic heterocycles. The minimum Gasteiger partial charge on any atom is -0.444 e. The highest BCUT2D eigenvalue weighted by Gasteiger charge is 2.49. The Bertz CT molecular complexity index is 865. The Kier molecular flexibility index (Phi) is 5.53. The van der Waals surface area contributed by atoms with Crippen LogP contribution in [-0.4, -0.2) is 42.6 Å². The Hall–Kier alpha value is -1.97. The summed E-state index contributed by atoms with van der Waals surface area (Å²) in [5.74, 6) is -0.384. The summed E-state index contributed by atoms with van der Waals surface area (Å²) in [7, 11) is -5.71. The topological polar surface area (TPSA) is 72.9 Å². The number of halogens is 3. The fourth-order valence-electron chi connectivity index (χ4n) is 4.06. The molecule has 162 valence electrons. The molecule has 1 amide bonds. The molecular weight excluding hydrogens is 411 g/mol. The van der Waals surface area contributed by atoms with Gasteiger partial charge in [-0.25, -0.2) is 4.79 Å². The Morgan fingerprint density at radius 3 is 2.21 bits per heavy atom. The van der Waals surface area contributed by atoms with E-state index in [4.69, 9.17) is 4.74 Å². The molecule has 2 heterocycles. The maximum Gasteiger partial charge on any atom is 0.534 e. The van der Waals surface area contributed by atoms with Gasteiger partial charge in [0.05, 0.1) is 0 Å². The number of hydrogen-bond donors (Lipinski definition) is 0. The molecule has 29 heavy (non-hydrogen) atoms. The van der Waals surface area contributed by atoms with Crippen molar-refractivity contribution in [1.29, 1.82) is 0 Å². The van der Waals surface area contributed by atoms with Crippen molar-refractivity contribution in [3.63, 3.8) is 0 Å². The van der Waals surface area contributed by atoms with Crippen LogP contribution in [0.1, 0.15) is 57.9 Å². The lowest BCUT2D eigenvalue weighted by molar-refractivity contribution is -0.0500. The first-order valence-electron chi connectivity index (χ1n) is 9.39. The largest absolute Gasteiger partial charge is 0.534 e. The number of piperidine rings is 1. The van der Waals surface area contributed by atoms with Gasteiger partial charge in [0.1, 0.15) is 11.4 Å². The zero-order valence-corrected chi connectivity index (χ0v) is 17.2. The first-order chi connectivity index (χ1) is 13.3. The molecule has 2 atom stereocenters. The summed E-state index contributed by atoms with van der Waals surface area (Å²) in [6, 6.07) is 5.68. The maximum atomic E-state index is 12.6. The Labute approximate surface area is 168 Å². The first kappa shape index (κ1) is 21.7. The smallest absolute Gasteiger partial charge is 0.444 e. The van der Waals surface area contributed by atoms with Crippen LogP contribution in [0.4, 0.5) is 18.0 Å². The highest BCUT2D eigenvalue weighted by Crippen LogP contribution is 2.44. The number of rotatable bonds is 3. The van der Waals surface area contributed by atoms with Crippen LogP contribution in [0.5, 0.6) is 5.75 Å². The van der Waals surface area contributed by atoms with Crippen molar-refractivity contribution in [2.24, 2.45) is 0 Å². The predicted molar refractivity (Wildman–Crippen MR) is 98.9 cm³/mol. The molecule has 3 rings (SSSR count). The number of fused-ring (bicyclic) bond motifs is 2. The van der Waals surface area contributed by atoms with Crippen LogP contribution in [0.2, 0.25) is 0 Å². The van der Waals surface area contributed by atoms with Crippen LogP contribution in [0.15, 0.2) is 24.3 Å². The molecule has 1 aromatic rings. The summed E-state index contributed by atoms with van der Waals surface area (Å²) in [6.07, 6.45) is 2.57. The van der Waals surface area contributed by atoms with Gasteiger partial charge in [0, 0.05) is 12.1 Å². The zero-order valence-electron chi connectivity index (χ0n) is 16.4. The summed E-state index contributed by atoms with van der Waals surface area (Å²) in [5.41, 5.74) is -5.38. The van der Waals surface area contributed by atoms with Gasteiger partial charge in [0.2, 0.25) is 0 Å². The van der Waals surface area contributed by atoms with Gasteiger partial charge in [-0.15, -0.1) is 0 Å². The van der Waals surface area contributed by atoms with Gasteiger partial charge in [-0.1, -0.05) is 12.1 Å². The van der Waals surface area contributed by atoms with Crippen LogP contribution in [0.25, 0.3) is 0 Å². The molecule has 1 aromatic carbocycles. The lowest BCUT2D eigenvalue weighted by Crippen LogP contribution is -2.48. The van der Waals surface area contributed by atoms with Crippen molar-refractivity contribution in [2.45, 2.75) is 75.6 Å². The van der Waals surface area contributed by atoms with E-state index in [1.165, 1.54) is 18.2 Å². The van der Waals surface area contributed by atoms with E-state index in [-0.39, 0.29) is 29.8 Å². The number of hydrogen-bond acceptors (Lipinski definition) is 5. The lowest BCUT2D eigenvalue weighted by Gasteiger charge is -2.39. The molecule has 2 aliphatic rings. The third kappa shape index (κ3) is 4.79. The number of carbonyl (C=O) groups is 1. The molecular formula is C19H24F3NO5S. The quantitative estimate of drug-likeness (QED) is 0.514. The van der Waals surface area contributed by atoms with Crippen molar-refractivity contribution in [3.05, 3.63) is 29.8 Å². The highest BCUT2D eigenvalue weighted by molar-refractivity contribution is 7.88. The summed E-state index contributed by atoms with van der Waals surface area (Å²) in [4.78, 5) is 14.3. The van der Waals surface area contributed by atoms with E-state index in [9.17, 15) is 26.4 Å².